The van der Waals surface area contributed by atoms with Gasteiger partial charge in [-0.05, 0) is 31.4 Å². The van der Waals surface area contributed by atoms with Crippen molar-refractivity contribution < 1.29 is 8.42 Å². The maximum Gasteiger partial charge on any atom is 0.240 e. The fourth-order valence-corrected chi connectivity index (χ4v) is 3.87. The average molecular weight is 304 g/mol. The molecule has 0 heterocycles. The van der Waals surface area contributed by atoms with E-state index in [1.165, 1.54) is 0 Å². The lowest BCUT2D eigenvalue weighted by Gasteiger charge is -2.21. The second kappa shape index (κ2) is 7.27. The lowest BCUT2D eigenvalue weighted by molar-refractivity contribution is 0.573. The molecule has 108 valence electrons. The van der Waals surface area contributed by atoms with Crippen LogP contribution in [-0.4, -0.2) is 20.3 Å². The summed E-state index contributed by atoms with van der Waals surface area (Å²) in [4.78, 5) is 0.350. The van der Waals surface area contributed by atoms with Crippen LogP contribution in [0.5, 0.6) is 0 Å². The van der Waals surface area contributed by atoms with Crippen LogP contribution in [0.1, 0.15) is 45.1 Å². The molecular formula is C14H22ClNO2S. The lowest BCUT2D eigenvalue weighted by Crippen LogP contribution is -2.26. The molecule has 1 aromatic carbocycles. The van der Waals surface area contributed by atoms with Crippen molar-refractivity contribution >= 4 is 21.6 Å². The fourth-order valence-electron chi connectivity index (χ4n) is 2.14. The summed E-state index contributed by atoms with van der Waals surface area (Å²) in [6.07, 6.45) is 1.58. The van der Waals surface area contributed by atoms with Crippen LogP contribution in [0.15, 0.2) is 29.2 Å². The molecule has 0 amide bonds. The molecule has 0 radical (unpaired) electrons. The summed E-state index contributed by atoms with van der Waals surface area (Å²) in [5.41, 5.74) is 0.802. The van der Waals surface area contributed by atoms with E-state index < -0.39 is 10.0 Å². The van der Waals surface area contributed by atoms with Gasteiger partial charge in [-0.15, -0.1) is 11.6 Å². The molecule has 0 saturated carbocycles. The van der Waals surface area contributed by atoms with E-state index in [-0.39, 0.29) is 11.3 Å². The minimum Gasteiger partial charge on any atom is -0.211 e. The third-order valence-electron chi connectivity index (χ3n) is 3.14. The Morgan fingerprint density at radius 2 is 1.89 bits per heavy atom. The van der Waals surface area contributed by atoms with Gasteiger partial charge in [0.25, 0.3) is 0 Å². The van der Waals surface area contributed by atoms with Crippen molar-refractivity contribution in [3.63, 3.8) is 0 Å². The third-order valence-corrected chi connectivity index (χ3v) is 4.98. The Bertz CT molecular complexity index is 500. The highest BCUT2D eigenvalue weighted by Gasteiger charge is 2.24. The number of rotatable bonds is 7. The summed E-state index contributed by atoms with van der Waals surface area (Å²) >= 11 is 6.19. The Balaban J connectivity index is 3.22. The first-order valence-corrected chi connectivity index (χ1v) is 8.58. The molecule has 0 aromatic heterocycles. The topological polar surface area (TPSA) is 46.2 Å². The molecule has 0 bridgehead atoms. The van der Waals surface area contributed by atoms with Gasteiger partial charge in [0.05, 0.1) is 4.90 Å². The molecule has 1 N–H and O–H groups in total. The summed E-state index contributed by atoms with van der Waals surface area (Å²) in [6.45, 7) is 6.30. The highest BCUT2D eigenvalue weighted by atomic mass is 35.5. The molecule has 5 heteroatoms. The van der Waals surface area contributed by atoms with Crippen molar-refractivity contribution in [2.75, 3.05) is 6.54 Å². The van der Waals surface area contributed by atoms with Gasteiger partial charge < -0.3 is 0 Å². The van der Waals surface area contributed by atoms with Crippen LogP contribution in [-0.2, 0) is 10.0 Å². The quantitative estimate of drug-likeness (QED) is 0.784. The molecule has 3 nitrogen and oxygen atoms in total. The molecule has 0 aliphatic rings. The fraction of sp³-hybridized carbons (Fsp3) is 0.571. The average Bonchev–Trinajstić information content (AvgIpc) is 2.37. The summed E-state index contributed by atoms with van der Waals surface area (Å²) in [7, 11) is -3.45. The van der Waals surface area contributed by atoms with Gasteiger partial charge in [-0.3, -0.25) is 0 Å². The molecule has 0 saturated heterocycles. The second-order valence-electron chi connectivity index (χ2n) is 4.63. The van der Waals surface area contributed by atoms with Crippen molar-refractivity contribution in [2.24, 2.45) is 0 Å². The standard InChI is InChI=1S/C14H22ClNO2S/c1-4-10-16-19(17,18)14-9-7-6-8-13(14)12(5-2)11(3)15/h6-9,11-12,16H,4-5,10H2,1-3H3. The largest absolute Gasteiger partial charge is 0.240 e. The van der Waals surface area contributed by atoms with Crippen LogP contribution in [0.2, 0.25) is 0 Å². The molecule has 19 heavy (non-hydrogen) atoms. The monoisotopic (exact) mass is 303 g/mol. The first kappa shape index (κ1) is 16.5. The molecule has 1 rings (SSSR count). The van der Waals surface area contributed by atoms with E-state index in [9.17, 15) is 8.42 Å². The van der Waals surface area contributed by atoms with Crippen LogP contribution in [0.3, 0.4) is 0 Å². The Labute approximate surface area is 121 Å². The number of hydrogen-bond acceptors (Lipinski definition) is 2. The van der Waals surface area contributed by atoms with Gasteiger partial charge in [0, 0.05) is 17.8 Å². The van der Waals surface area contributed by atoms with E-state index in [4.69, 9.17) is 11.6 Å². The van der Waals surface area contributed by atoms with Crippen molar-refractivity contribution in [2.45, 2.75) is 49.8 Å². The van der Waals surface area contributed by atoms with Gasteiger partial charge in [0.2, 0.25) is 10.0 Å². The number of sulfonamides is 1. The summed E-state index contributed by atoms with van der Waals surface area (Å²) < 4.78 is 27.2. The lowest BCUT2D eigenvalue weighted by atomic mass is 9.94. The van der Waals surface area contributed by atoms with Crippen LogP contribution >= 0.6 is 11.6 Å². The minimum atomic E-state index is -3.45. The molecule has 2 unspecified atom stereocenters. The van der Waals surface area contributed by atoms with Gasteiger partial charge in [-0.1, -0.05) is 32.0 Å². The van der Waals surface area contributed by atoms with Crippen LogP contribution < -0.4 is 4.72 Å². The predicted octanol–water partition coefficient (Wildman–Crippen LogP) is 3.50. The Hall–Kier alpha value is -0.580. The molecule has 1 aromatic rings. The van der Waals surface area contributed by atoms with Crippen molar-refractivity contribution in [3.8, 4) is 0 Å². The van der Waals surface area contributed by atoms with E-state index in [2.05, 4.69) is 4.72 Å². The van der Waals surface area contributed by atoms with Crippen molar-refractivity contribution in [1.82, 2.24) is 4.72 Å². The number of nitrogens with one attached hydrogen (secondary N) is 1. The van der Waals surface area contributed by atoms with E-state index in [1.54, 1.807) is 12.1 Å². The number of hydrogen-bond donors (Lipinski definition) is 1. The number of halogens is 1. The maximum atomic E-state index is 12.3. The molecule has 0 aliphatic carbocycles. The van der Waals surface area contributed by atoms with E-state index in [1.807, 2.05) is 32.9 Å². The smallest absolute Gasteiger partial charge is 0.211 e. The zero-order valence-electron chi connectivity index (χ0n) is 11.7. The Kier molecular flexibility index (Phi) is 6.30. The summed E-state index contributed by atoms with van der Waals surface area (Å²) in [6, 6.07) is 7.11. The number of benzene rings is 1. The SMILES string of the molecule is CCCNS(=O)(=O)c1ccccc1C(CC)C(C)Cl. The highest BCUT2D eigenvalue weighted by Crippen LogP contribution is 2.31. The summed E-state index contributed by atoms with van der Waals surface area (Å²) in [5.74, 6) is 0.0380. The van der Waals surface area contributed by atoms with E-state index >= 15 is 0 Å². The maximum absolute atomic E-state index is 12.3. The van der Waals surface area contributed by atoms with Crippen LogP contribution in [0.4, 0.5) is 0 Å². The zero-order chi connectivity index (χ0) is 14.5. The first-order chi connectivity index (χ1) is 8.94. The third kappa shape index (κ3) is 4.20. The molecule has 2 atom stereocenters. The zero-order valence-corrected chi connectivity index (χ0v) is 13.3. The summed E-state index contributed by atoms with van der Waals surface area (Å²) in [5, 5.41) is -0.104. The van der Waals surface area contributed by atoms with Crippen molar-refractivity contribution in [3.05, 3.63) is 29.8 Å². The molecular weight excluding hydrogens is 282 g/mol. The van der Waals surface area contributed by atoms with Gasteiger partial charge in [0.15, 0.2) is 0 Å². The highest BCUT2D eigenvalue weighted by molar-refractivity contribution is 7.89. The Morgan fingerprint density at radius 3 is 2.42 bits per heavy atom. The van der Waals surface area contributed by atoms with Gasteiger partial charge >= 0.3 is 0 Å². The second-order valence-corrected chi connectivity index (χ2v) is 7.05. The van der Waals surface area contributed by atoms with E-state index in [0.29, 0.717) is 11.4 Å². The van der Waals surface area contributed by atoms with Crippen LogP contribution in [0, 0.1) is 0 Å². The molecule has 0 fully saturated rings. The van der Waals surface area contributed by atoms with Gasteiger partial charge in [-0.2, -0.15) is 0 Å². The minimum absolute atomic E-state index is 0.0380. The van der Waals surface area contributed by atoms with Crippen LogP contribution in [0.25, 0.3) is 0 Å². The van der Waals surface area contributed by atoms with Gasteiger partial charge in [0.1, 0.15) is 0 Å². The predicted molar refractivity (Wildman–Crippen MR) is 80.3 cm³/mol. The molecule has 0 aliphatic heterocycles. The first-order valence-electron chi connectivity index (χ1n) is 6.66. The Morgan fingerprint density at radius 1 is 1.26 bits per heavy atom. The van der Waals surface area contributed by atoms with Gasteiger partial charge in [-0.25, -0.2) is 13.1 Å². The number of alkyl halides is 1. The van der Waals surface area contributed by atoms with Crippen molar-refractivity contribution in [1.29, 1.82) is 0 Å². The van der Waals surface area contributed by atoms with E-state index in [0.717, 1.165) is 18.4 Å². The molecule has 0 spiro atoms. The normalized spacial score (nSPS) is 15.2.